The molecule has 9 nitrogen and oxygen atoms in total. The Balaban J connectivity index is 1.51. The number of nitrogens with zero attached hydrogens (tertiary/aromatic N) is 7. The topological polar surface area (TPSA) is 94.5 Å². The molecule has 9 heteroatoms. The zero-order valence-corrected chi connectivity index (χ0v) is 18.4. The van der Waals surface area contributed by atoms with Gasteiger partial charge in [-0.25, -0.2) is 0 Å². The van der Waals surface area contributed by atoms with E-state index >= 15 is 0 Å². The number of hydrogen-bond donors (Lipinski definition) is 0. The van der Waals surface area contributed by atoms with E-state index in [1.807, 2.05) is 25.1 Å². The SMILES string of the molecule is Cc1cc(-c2nnc3cc(C(C)(C)C)c(OCc4ccc5c(n4)CN(C)C5)nn23)no1. The van der Waals surface area contributed by atoms with Crippen molar-refractivity contribution in [2.24, 2.45) is 0 Å². The van der Waals surface area contributed by atoms with Gasteiger partial charge in [-0.05, 0) is 37.1 Å². The maximum absolute atomic E-state index is 6.20. The van der Waals surface area contributed by atoms with Gasteiger partial charge in [-0.3, -0.25) is 9.88 Å². The molecule has 0 bridgehead atoms. The van der Waals surface area contributed by atoms with Gasteiger partial charge in [0.25, 0.3) is 0 Å². The number of aryl methyl sites for hydroxylation is 1. The summed E-state index contributed by atoms with van der Waals surface area (Å²) in [5, 5.41) is 17.3. The quantitative estimate of drug-likeness (QED) is 0.497. The van der Waals surface area contributed by atoms with Gasteiger partial charge in [-0.1, -0.05) is 32.0 Å². The minimum Gasteiger partial charge on any atom is -0.470 e. The maximum atomic E-state index is 6.20. The first-order valence-electron chi connectivity index (χ1n) is 10.3. The molecule has 0 spiro atoms. The molecule has 0 unspecified atom stereocenters. The van der Waals surface area contributed by atoms with Crippen LogP contribution in [0.25, 0.3) is 17.2 Å². The van der Waals surface area contributed by atoms with Crippen LogP contribution in [0.15, 0.2) is 28.8 Å². The van der Waals surface area contributed by atoms with Gasteiger partial charge >= 0.3 is 0 Å². The average Bonchev–Trinajstić information content (AvgIpc) is 3.41. The fraction of sp³-hybridized carbons (Fsp3) is 0.409. The van der Waals surface area contributed by atoms with Crippen molar-refractivity contribution in [1.29, 1.82) is 0 Å². The summed E-state index contributed by atoms with van der Waals surface area (Å²) in [6, 6.07) is 7.94. The molecule has 1 aliphatic heterocycles. The Morgan fingerprint density at radius 1 is 1.13 bits per heavy atom. The van der Waals surface area contributed by atoms with E-state index in [-0.39, 0.29) is 5.41 Å². The molecule has 0 fully saturated rings. The summed E-state index contributed by atoms with van der Waals surface area (Å²) in [4.78, 5) is 7.03. The maximum Gasteiger partial charge on any atom is 0.236 e. The Morgan fingerprint density at radius 2 is 1.97 bits per heavy atom. The molecule has 31 heavy (non-hydrogen) atoms. The first-order chi connectivity index (χ1) is 14.8. The molecule has 5 rings (SSSR count). The second kappa shape index (κ2) is 7.12. The molecular formula is C22H25N7O2. The molecule has 0 atom stereocenters. The first-order valence-corrected chi connectivity index (χ1v) is 10.3. The number of hydrogen-bond acceptors (Lipinski definition) is 8. The van der Waals surface area contributed by atoms with Crippen molar-refractivity contribution >= 4 is 5.65 Å². The number of ether oxygens (including phenoxy) is 1. The lowest BCUT2D eigenvalue weighted by atomic mass is 9.88. The van der Waals surface area contributed by atoms with E-state index in [4.69, 9.17) is 19.3 Å². The van der Waals surface area contributed by atoms with Crippen LogP contribution < -0.4 is 4.74 Å². The summed E-state index contributed by atoms with van der Waals surface area (Å²) in [7, 11) is 2.10. The fourth-order valence-electron chi connectivity index (χ4n) is 3.77. The van der Waals surface area contributed by atoms with Crippen molar-refractivity contribution in [3.05, 3.63) is 52.5 Å². The smallest absolute Gasteiger partial charge is 0.236 e. The highest BCUT2D eigenvalue weighted by Gasteiger charge is 2.25. The van der Waals surface area contributed by atoms with Crippen LogP contribution >= 0.6 is 0 Å². The Hall–Kier alpha value is -3.33. The van der Waals surface area contributed by atoms with E-state index in [1.54, 1.807) is 4.52 Å². The van der Waals surface area contributed by atoms with Crippen LogP contribution in [-0.2, 0) is 25.1 Å². The van der Waals surface area contributed by atoms with E-state index in [0.29, 0.717) is 35.4 Å². The largest absolute Gasteiger partial charge is 0.470 e. The lowest BCUT2D eigenvalue weighted by molar-refractivity contribution is 0.275. The van der Waals surface area contributed by atoms with Gasteiger partial charge in [0.1, 0.15) is 12.4 Å². The second-order valence-corrected chi connectivity index (χ2v) is 9.10. The first kappa shape index (κ1) is 19.6. The van der Waals surface area contributed by atoms with Crippen LogP contribution in [0, 0.1) is 6.92 Å². The third-order valence-corrected chi connectivity index (χ3v) is 5.37. The Morgan fingerprint density at radius 3 is 2.71 bits per heavy atom. The highest BCUT2D eigenvalue weighted by Crippen LogP contribution is 2.32. The normalized spacial score (nSPS) is 14.4. The van der Waals surface area contributed by atoms with Crippen molar-refractivity contribution in [3.8, 4) is 17.4 Å². The summed E-state index contributed by atoms with van der Waals surface area (Å²) in [6.07, 6.45) is 0. The van der Waals surface area contributed by atoms with Crippen LogP contribution in [0.3, 0.4) is 0 Å². The summed E-state index contributed by atoms with van der Waals surface area (Å²) in [5.74, 6) is 1.74. The summed E-state index contributed by atoms with van der Waals surface area (Å²) >= 11 is 0. The number of fused-ring (bicyclic) bond motifs is 2. The van der Waals surface area contributed by atoms with Crippen LogP contribution in [0.1, 0.15) is 49.0 Å². The highest BCUT2D eigenvalue weighted by molar-refractivity contribution is 5.56. The van der Waals surface area contributed by atoms with Gasteiger partial charge in [-0.15, -0.1) is 15.3 Å². The standard InChI is InChI=1S/C22H25N7O2/c1-13-8-17(27-31-13)20-25-24-19-9-16(22(2,3)4)21(26-29(19)20)30-12-15-7-6-14-10-28(5)11-18(14)23-15/h6-9H,10-12H2,1-5H3. The van der Waals surface area contributed by atoms with Crippen molar-refractivity contribution < 1.29 is 9.26 Å². The molecular weight excluding hydrogens is 394 g/mol. The van der Waals surface area contributed by atoms with Crippen molar-refractivity contribution in [3.63, 3.8) is 0 Å². The molecule has 4 aromatic rings. The molecule has 5 heterocycles. The van der Waals surface area contributed by atoms with Gasteiger partial charge in [-0.2, -0.15) is 4.52 Å². The molecule has 1 aliphatic rings. The lowest BCUT2D eigenvalue weighted by Gasteiger charge is -2.21. The molecule has 4 aromatic heterocycles. The predicted octanol–water partition coefficient (Wildman–Crippen LogP) is 3.30. The molecule has 0 saturated heterocycles. The van der Waals surface area contributed by atoms with E-state index in [0.717, 1.165) is 30.0 Å². The van der Waals surface area contributed by atoms with Crippen molar-refractivity contribution in [2.75, 3.05) is 7.05 Å². The van der Waals surface area contributed by atoms with Crippen LogP contribution in [0.5, 0.6) is 5.88 Å². The molecule has 0 saturated carbocycles. The molecule has 0 amide bonds. The third kappa shape index (κ3) is 3.65. The lowest BCUT2D eigenvalue weighted by Crippen LogP contribution is -2.16. The third-order valence-electron chi connectivity index (χ3n) is 5.37. The number of aromatic nitrogens is 6. The van der Waals surface area contributed by atoms with Crippen LogP contribution in [0.4, 0.5) is 0 Å². The minimum atomic E-state index is -0.186. The number of rotatable bonds is 4. The van der Waals surface area contributed by atoms with Gasteiger partial charge < -0.3 is 9.26 Å². The van der Waals surface area contributed by atoms with E-state index in [9.17, 15) is 0 Å². The van der Waals surface area contributed by atoms with E-state index in [1.165, 1.54) is 5.56 Å². The fourth-order valence-corrected chi connectivity index (χ4v) is 3.77. The molecule has 0 radical (unpaired) electrons. The van der Waals surface area contributed by atoms with Crippen molar-refractivity contribution in [2.45, 2.75) is 52.8 Å². The van der Waals surface area contributed by atoms with E-state index < -0.39 is 0 Å². The van der Waals surface area contributed by atoms with Crippen molar-refractivity contribution in [1.82, 2.24) is 34.9 Å². The van der Waals surface area contributed by atoms with Gasteiger partial charge in [0.2, 0.25) is 11.7 Å². The van der Waals surface area contributed by atoms with Gasteiger partial charge in [0.15, 0.2) is 11.3 Å². The average molecular weight is 419 g/mol. The molecule has 0 N–H and O–H groups in total. The summed E-state index contributed by atoms with van der Waals surface area (Å²) in [6.45, 7) is 10.3. The molecule has 160 valence electrons. The predicted molar refractivity (Wildman–Crippen MR) is 113 cm³/mol. The van der Waals surface area contributed by atoms with E-state index in [2.05, 4.69) is 54.1 Å². The molecule has 0 aromatic carbocycles. The highest BCUT2D eigenvalue weighted by atomic mass is 16.5. The summed E-state index contributed by atoms with van der Waals surface area (Å²) in [5.41, 5.74) is 5.25. The zero-order chi connectivity index (χ0) is 21.8. The zero-order valence-electron chi connectivity index (χ0n) is 18.4. The Labute approximate surface area is 180 Å². The second-order valence-electron chi connectivity index (χ2n) is 9.10. The Bertz CT molecular complexity index is 1270. The summed E-state index contributed by atoms with van der Waals surface area (Å²) < 4.78 is 13.0. The van der Waals surface area contributed by atoms with Gasteiger partial charge in [0, 0.05) is 24.7 Å². The number of pyridine rings is 1. The monoisotopic (exact) mass is 419 g/mol. The minimum absolute atomic E-state index is 0.186. The van der Waals surface area contributed by atoms with Crippen LogP contribution in [-0.4, -0.2) is 41.9 Å². The molecule has 0 aliphatic carbocycles. The Kier molecular flexibility index (Phi) is 4.51. The van der Waals surface area contributed by atoms with Crippen LogP contribution in [0.2, 0.25) is 0 Å². The van der Waals surface area contributed by atoms with Gasteiger partial charge in [0.05, 0.1) is 11.4 Å².